The normalized spacial score (nSPS) is 13.9. The van der Waals surface area contributed by atoms with E-state index in [1.807, 2.05) is 0 Å². The highest BCUT2D eigenvalue weighted by atomic mass is 31.2. The number of unbranched alkanes of at least 4 members (excludes halogenated alkanes) is 24. The summed E-state index contributed by atoms with van der Waals surface area (Å²) in [7, 11) is -4.75. The Bertz CT molecular complexity index is 1050. The number of carboxylic acid groups (broad SMARTS) is 1. The molecule has 3 unspecified atom stereocenters. The molecule has 0 aromatic rings. The number of carbonyl (C=O) groups excluding carboxylic acids is 2. The van der Waals surface area contributed by atoms with E-state index in [1.54, 1.807) is 0 Å². The molecule has 0 bridgehead atoms. The Morgan fingerprint density at radius 1 is 0.571 bits per heavy atom. The van der Waals surface area contributed by atoms with Crippen molar-refractivity contribution in [2.24, 2.45) is 0 Å². The Labute approximate surface area is 340 Å². The first-order valence-corrected chi connectivity index (χ1v) is 23.9. The van der Waals surface area contributed by atoms with Gasteiger partial charge in [-0.2, -0.15) is 0 Å². The summed E-state index contributed by atoms with van der Waals surface area (Å²) in [5.74, 6) is -2.37. The van der Waals surface area contributed by atoms with Gasteiger partial charge in [-0.15, -0.1) is 0 Å². The predicted octanol–water partition coefficient (Wildman–Crippen LogP) is 11.4. The van der Waals surface area contributed by atoms with Crippen LogP contribution in [-0.4, -0.2) is 64.9 Å². The van der Waals surface area contributed by atoms with Crippen LogP contribution in [0.4, 0.5) is 0 Å². The fourth-order valence-corrected chi connectivity index (χ4v) is 7.00. The summed E-state index contributed by atoms with van der Waals surface area (Å²) in [6.07, 6.45) is 40.8. The first-order valence-electron chi connectivity index (χ1n) is 22.4. The minimum absolute atomic E-state index is 0.148. The van der Waals surface area contributed by atoms with Gasteiger partial charge >= 0.3 is 19.8 Å². The highest BCUT2D eigenvalue weighted by Crippen LogP contribution is 2.43. The largest absolute Gasteiger partial charge is 0.480 e. The molecule has 11 nitrogen and oxygen atoms in total. The lowest BCUT2D eigenvalue weighted by Gasteiger charge is -2.18. The lowest BCUT2D eigenvalue weighted by atomic mass is 10.0. The number of nitrogens with one attached hydrogen (secondary N) is 1. The highest BCUT2D eigenvalue weighted by molar-refractivity contribution is 7.47. The van der Waals surface area contributed by atoms with Gasteiger partial charge in [-0.3, -0.25) is 18.6 Å². The number of hydrogen-bond acceptors (Lipinski definition) is 8. The molecule has 12 heteroatoms. The van der Waals surface area contributed by atoms with Crippen molar-refractivity contribution in [1.82, 2.24) is 5.32 Å². The Kier molecular flexibility index (Phi) is 38.3. The second kappa shape index (κ2) is 39.8. The number of allylic oxidation sites excluding steroid dienone is 4. The van der Waals surface area contributed by atoms with Gasteiger partial charge in [0.15, 0.2) is 6.04 Å². The van der Waals surface area contributed by atoms with E-state index in [2.05, 4.69) is 43.5 Å². The van der Waals surface area contributed by atoms with Crippen LogP contribution in [0.1, 0.15) is 206 Å². The Hall–Kier alpha value is -2.04. The molecule has 0 heterocycles. The van der Waals surface area contributed by atoms with Crippen LogP contribution in [0.5, 0.6) is 0 Å². The Balaban J connectivity index is 3.78. The number of carbonyl (C=O) groups is 3. The van der Waals surface area contributed by atoms with E-state index < -0.39 is 57.6 Å². The fourth-order valence-electron chi connectivity index (χ4n) is 6.23. The molecular weight excluding hydrogens is 733 g/mol. The maximum Gasteiger partial charge on any atom is 0.472 e. The zero-order chi connectivity index (χ0) is 41.4. The van der Waals surface area contributed by atoms with Gasteiger partial charge < -0.3 is 25.2 Å². The molecule has 0 rings (SSSR count). The van der Waals surface area contributed by atoms with Gasteiger partial charge in [0.25, 0.3) is 0 Å². The van der Waals surface area contributed by atoms with E-state index >= 15 is 0 Å². The fraction of sp³-hybridized carbons (Fsp3) is 0.841. The molecule has 0 radical (unpaired) electrons. The third-order valence-electron chi connectivity index (χ3n) is 9.74. The molecule has 0 aliphatic carbocycles. The van der Waals surface area contributed by atoms with Crippen LogP contribution < -0.4 is 5.32 Å². The van der Waals surface area contributed by atoms with E-state index in [4.69, 9.17) is 13.8 Å². The summed E-state index contributed by atoms with van der Waals surface area (Å²) in [5, 5.41) is 21.8. The summed E-state index contributed by atoms with van der Waals surface area (Å²) in [6.45, 7) is 2.54. The molecule has 56 heavy (non-hydrogen) atoms. The number of esters is 1. The summed E-state index contributed by atoms with van der Waals surface area (Å²) < 4.78 is 26.8. The molecule has 0 aliphatic rings. The molecule has 4 N–H and O–H groups in total. The number of aliphatic hydroxyl groups is 1. The van der Waals surface area contributed by atoms with Crippen LogP contribution in [0.2, 0.25) is 0 Å². The van der Waals surface area contributed by atoms with E-state index in [0.717, 1.165) is 44.9 Å². The third-order valence-corrected chi connectivity index (χ3v) is 10.7. The van der Waals surface area contributed by atoms with Crippen LogP contribution in [-0.2, 0) is 32.7 Å². The number of phosphoric ester groups is 1. The standard InChI is InChI=1S/C44H82NO10P/c1-3-5-7-9-11-13-14-15-16-17-18-19-20-21-22-23-24-25-26-28-30-32-34-36-43(48)53-37-40(46)38-54-56(51,52)55-39-41(44(49)50)45-42(47)35-33-31-29-27-12-10-8-6-4-2/h11,13,15-16,40-41,46H,3-10,12,14,17-39H2,1-2H3,(H,45,47)(H,49,50)(H,51,52)/b13-11-,16-15-. The SMILES string of the molecule is CCCCC/C=C\C/C=C\CCCCCCCCCCCCCCCC(=O)OCC(O)COP(=O)(O)OCC(NC(=O)CCCCCCCCCCC)C(=O)O. The third kappa shape index (κ3) is 38.8. The van der Waals surface area contributed by atoms with Gasteiger partial charge in [-0.25, -0.2) is 9.36 Å². The van der Waals surface area contributed by atoms with Gasteiger partial charge in [0.2, 0.25) is 5.91 Å². The average molecular weight is 816 g/mol. The van der Waals surface area contributed by atoms with Gasteiger partial charge in [-0.1, -0.05) is 173 Å². The first-order chi connectivity index (χ1) is 27.1. The quantitative estimate of drug-likeness (QED) is 0.0201. The molecule has 0 saturated heterocycles. The lowest BCUT2D eigenvalue weighted by Crippen LogP contribution is -2.43. The number of rotatable bonds is 42. The molecular formula is C44H82NO10P. The van der Waals surface area contributed by atoms with Crippen molar-refractivity contribution < 1.29 is 47.8 Å². The summed E-state index contributed by atoms with van der Waals surface area (Å²) in [5.41, 5.74) is 0. The summed E-state index contributed by atoms with van der Waals surface area (Å²) >= 11 is 0. The minimum atomic E-state index is -4.75. The summed E-state index contributed by atoms with van der Waals surface area (Å²) in [4.78, 5) is 45.7. The van der Waals surface area contributed by atoms with Crippen molar-refractivity contribution in [3.05, 3.63) is 24.3 Å². The molecule has 0 fully saturated rings. The number of carboxylic acids is 1. The average Bonchev–Trinajstić information content (AvgIpc) is 3.17. The number of phosphoric acid groups is 1. The molecule has 1 amide bonds. The second-order valence-corrected chi connectivity index (χ2v) is 16.7. The minimum Gasteiger partial charge on any atom is -0.480 e. The number of aliphatic hydroxyl groups excluding tert-OH is 1. The van der Waals surface area contributed by atoms with Gasteiger partial charge in [-0.05, 0) is 44.9 Å². The van der Waals surface area contributed by atoms with Crippen LogP contribution in [0, 0.1) is 0 Å². The van der Waals surface area contributed by atoms with Gasteiger partial charge in [0.05, 0.1) is 13.2 Å². The number of aliphatic carboxylic acids is 1. The van der Waals surface area contributed by atoms with Crippen molar-refractivity contribution >= 4 is 25.7 Å². The number of amides is 1. The van der Waals surface area contributed by atoms with Crippen molar-refractivity contribution in [3.63, 3.8) is 0 Å². The molecule has 0 aliphatic heterocycles. The van der Waals surface area contributed by atoms with E-state index in [9.17, 15) is 34.1 Å². The van der Waals surface area contributed by atoms with Crippen LogP contribution >= 0.6 is 7.82 Å². The molecule has 0 spiro atoms. The zero-order valence-corrected chi connectivity index (χ0v) is 36.3. The summed E-state index contributed by atoms with van der Waals surface area (Å²) in [6, 6.07) is -1.54. The molecule has 0 saturated carbocycles. The number of ether oxygens (including phenoxy) is 1. The Morgan fingerprint density at radius 2 is 0.982 bits per heavy atom. The highest BCUT2D eigenvalue weighted by Gasteiger charge is 2.28. The van der Waals surface area contributed by atoms with E-state index in [0.29, 0.717) is 12.8 Å². The van der Waals surface area contributed by atoms with Crippen LogP contribution in [0.3, 0.4) is 0 Å². The molecule has 0 aromatic heterocycles. The van der Waals surface area contributed by atoms with Crippen molar-refractivity contribution in [3.8, 4) is 0 Å². The molecule has 328 valence electrons. The van der Waals surface area contributed by atoms with Crippen LogP contribution in [0.15, 0.2) is 24.3 Å². The monoisotopic (exact) mass is 816 g/mol. The predicted molar refractivity (Wildman–Crippen MR) is 226 cm³/mol. The number of hydrogen-bond donors (Lipinski definition) is 4. The van der Waals surface area contributed by atoms with Crippen molar-refractivity contribution in [2.75, 3.05) is 19.8 Å². The maximum atomic E-state index is 12.2. The lowest BCUT2D eigenvalue weighted by molar-refractivity contribution is -0.147. The Morgan fingerprint density at radius 3 is 1.48 bits per heavy atom. The second-order valence-electron chi connectivity index (χ2n) is 15.2. The van der Waals surface area contributed by atoms with Crippen molar-refractivity contribution in [1.29, 1.82) is 0 Å². The topological polar surface area (TPSA) is 169 Å². The molecule has 0 aromatic carbocycles. The van der Waals surface area contributed by atoms with Gasteiger partial charge in [0, 0.05) is 12.8 Å². The van der Waals surface area contributed by atoms with E-state index in [-0.39, 0.29) is 12.8 Å². The maximum absolute atomic E-state index is 12.2. The van der Waals surface area contributed by atoms with Crippen LogP contribution in [0.25, 0.3) is 0 Å². The first kappa shape index (κ1) is 54.0. The van der Waals surface area contributed by atoms with Crippen molar-refractivity contribution in [2.45, 2.75) is 219 Å². The van der Waals surface area contributed by atoms with Gasteiger partial charge in [0.1, 0.15) is 12.7 Å². The molecule has 3 atom stereocenters. The smallest absolute Gasteiger partial charge is 0.472 e. The van der Waals surface area contributed by atoms with E-state index in [1.165, 1.54) is 122 Å². The zero-order valence-electron chi connectivity index (χ0n) is 35.4.